The topological polar surface area (TPSA) is 32.3 Å². The van der Waals surface area contributed by atoms with E-state index in [1.54, 1.807) is 12.1 Å². The van der Waals surface area contributed by atoms with Gasteiger partial charge in [0.05, 0.1) is 10.0 Å². The molecule has 1 fully saturated rings. The molecule has 2 N–H and O–H groups in total. The summed E-state index contributed by atoms with van der Waals surface area (Å²) in [6.07, 6.45) is 4.78. The molecule has 0 radical (unpaired) electrons. The first-order valence-electron chi connectivity index (χ1n) is 7.07. The minimum atomic E-state index is 0.283. The van der Waals surface area contributed by atoms with Crippen molar-refractivity contribution in [2.75, 3.05) is 13.2 Å². The van der Waals surface area contributed by atoms with E-state index in [4.69, 9.17) is 34.8 Å². The molecule has 5 heteroatoms. The fraction of sp³-hybridized carbons (Fsp3) is 0.600. The van der Waals surface area contributed by atoms with Crippen LogP contribution in [0.15, 0.2) is 12.1 Å². The van der Waals surface area contributed by atoms with Crippen LogP contribution in [0.5, 0.6) is 0 Å². The van der Waals surface area contributed by atoms with Gasteiger partial charge < -0.3 is 10.4 Å². The molecule has 1 saturated carbocycles. The minimum absolute atomic E-state index is 0.283. The molecule has 0 amide bonds. The lowest BCUT2D eigenvalue weighted by atomic mass is 9.79. The zero-order valence-electron chi connectivity index (χ0n) is 11.3. The highest BCUT2D eigenvalue weighted by Gasteiger charge is 2.24. The van der Waals surface area contributed by atoms with Crippen molar-refractivity contribution in [1.82, 2.24) is 5.32 Å². The smallest absolute Gasteiger partial charge is 0.0652 e. The van der Waals surface area contributed by atoms with E-state index in [9.17, 15) is 5.11 Å². The number of halogens is 3. The molecule has 0 heterocycles. The predicted molar refractivity (Wildman–Crippen MR) is 85.7 cm³/mol. The van der Waals surface area contributed by atoms with Gasteiger partial charge in [0.15, 0.2) is 0 Å². The van der Waals surface area contributed by atoms with E-state index in [1.807, 2.05) is 0 Å². The van der Waals surface area contributed by atoms with Crippen molar-refractivity contribution in [2.45, 2.75) is 32.2 Å². The van der Waals surface area contributed by atoms with Crippen LogP contribution < -0.4 is 5.32 Å². The Kier molecular flexibility index (Phi) is 6.44. The van der Waals surface area contributed by atoms with Crippen LogP contribution in [0.1, 0.15) is 31.2 Å². The van der Waals surface area contributed by atoms with Crippen molar-refractivity contribution < 1.29 is 5.11 Å². The second-order valence-electron chi connectivity index (χ2n) is 5.44. The Balaban J connectivity index is 1.91. The van der Waals surface area contributed by atoms with Gasteiger partial charge in [-0.2, -0.15) is 0 Å². The highest BCUT2D eigenvalue weighted by Crippen LogP contribution is 2.32. The summed E-state index contributed by atoms with van der Waals surface area (Å²) in [5.41, 5.74) is 0.845. The van der Waals surface area contributed by atoms with Crippen molar-refractivity contribution in [3.63, 3.8) is 0 Å². The average molecular weight is 337 g/mol. The Morgan fingerprint density at radius 1 is 1.05 bits per heavy atom. The van der Waals surface area contributed by atoms with E-state index >= 15 is 0 Å². The van der Waals surface area contributed by atoms with Crippen molar-refractivity contribution in [2.24, 2.45) is 11.8 Å². The zero-order chi connectivity index (χ0) is 14.5. The molecule has 0 aromatic heterocycles. The van der Waals surface area contributed by atoms with Crippen LogP contribution in [0.3, 0.4) is 0 Å². The molecule has 2 unspecified atom stereocenters. The summed E-state index contributed by atoms with van der Waals surface area (Å²) in [4.78, 5) is 0. The molecule has 0 saturated heterocycles. The average Bonchev–Trinajstić information content (AvgIpc) is 2.47. The van der Waals surface area contributed by atoms with Crippen LogP contribution in [-0.4, -0.2) is 18.3 Å². The van der Waals surface area contributed by atoms with E-state index in [1.165, 1.54) is 19.3 Å². The number of rotatable bonds is 5. The molecule has 2 rings (SSSR count). The third-order valence-corrected chi connectivity index (χ3v) is 5.35. The van der Waals surface area contributed by atoms with Gasteiger partial charge in [0.2, 0.25) is 0 Å². The van der Waals surface area contributed by atoms with Gasteiger partial charge >= 0.3 is 0 Å². The molecule has 1 aromatic rings. The van der Waals surface area contributed by atoms with E-state index in [-0.39, 0.29) is 6.61 Å². The SMILES string of the molecule is OCC1CCCCC1CNCc1c(Cl)ccc(Cl)c1Cl. The summed E-state index contributed by atoms with van der Waals surface area (Å²) < 4.78 is 0. The number of hydrogen-bond acceptors (Lipinski definition) is 2. The molecule has 2 atom stereocenters. The largest absolute Gasteiger partial charge is 0.396 e. The molecule has 20 heavy (non-hydrogen) atoms. The number of nitrogens with one attached hydrogen (secondary N) is 1. The number of aliphatic hydroxyl groups excluding tert-OH is 1. The van der Waals surface area contributed by atoms with Crippen molar-refractivity contribution in [3.8, 4) is 0 Å². The van der Waals surface area contributed by atoms with Gasteiger partial charge in [-0.1, -0.05) is 47.6 Å². The van der Waals surface area contributed by atoms with E-state index in [2.05, 4.69) is 5.32 Å². The van der Waals surface area contributed by atoms with Crippen molar-refractivity contribution in [3.05, 3.63) is 32.8 Å². The molecule has 1 aromatic carbocycles. The number of aliphatic hydroxyl groups is 1. The maximum atomic E-state index is 9.41. The predicted octanol–water partition coefficient (Wildman–Crippen LogP) is 4.54. The second-order valence-corrected chi connectivity index (χ2v) is 6.63. The standard InChI is InChI=1S/C15H20Cl3NO/c16-13-5-6-14(17)15(18)12(13)8-19-7-10-3-1-2-4-11(10)9-20/h5-6,10-11,19-20H,1-4,7-9H2. The Bertz CT molecular complexity index is 453. The van der Waals surface area contributed by atoms with Crippen LogP contribution in [0, 0.1) is 11.8 Å². The van der Waals surface area contributed by atoms with Crippen LogP contribution >= 0.6 is 34.8 Å². The molecular formula is C15H20Cl3NO. The summed E-state index contributed by atoms with van der Waals surface area (Å²) >= 11 is 18.3. The minimum Gasteiger partial charge on any atom is -0.396 e. The summed E-state index contributed by atoms with van der Waals surface area (Å²) in [6.45, 7) is 1.77. The lowest BCUT2D eigenvalue weighted by Gasteiger charge is -2.30. The Hall–Kier alpha value is 0.01000. The van der Waals surface area contributed by atoms with Crippen LogP contribution in [0.2, 0.25) is 15.1 Å². The van der Waals surface area contributed by atoms with Crippen LogP contribution in [0.4, 0.5) is 0 Å². The van der Waals surface area contributed by atoms with Gasteiger partial charge in [0, 0.05) is 23.7 Å². The molecule has 0 bridgehead atoms. The molecule has 112 valence electrons. The van der Waals surface area contributed by atoms with Gasteiger partial charge in [-0.15, -0.1) is 0 Å². The quantitative estimate of drug-likeness (QED) is 0.774. The Labute approximate surface area is 135 Å². The highest BCUT2D eigenvalue weighted by molar-refractivity contribution is 6.44. The summed E-state index contributed by atoms with van der Waals surface area (Å²) in [7, 11) is 0. The molecule has 0 aliphatic heterocycles. The Morgan fingerprint density at radius 2 is 1.70 bits per heavy atom. The first-order chi connectivity index (χ1) is 9.63. The zero-order valence-corrected chi connectivity index (χ0v) is 13.6. The van der Waals surface area contributed by atoms with E-state index in [0.29, 0.717) is 33.4 Å². The van der Waals surface area contributed by atoms with Crippen LogP contribution in [-0.2, 0) is 6.54 Å². The summed E-state index contributed by atoms with van der Waals surface area (Å²) in [5.74, 6) is 0.951. The fourth-order valence-corrected chi connectivity index (χ4v) is 3.59. The molecule has 1 aliphatic rings. The molecule has 0 spiro atoms. The van der Waals surface area contributed by atoms with Gasteiger partial charge in [-0.3, -0.25) is 0 Å². The van der Waals surface area contributed by atoms with Gasteiger partial charge in [0.25, 0.3) is 0 Å². The lowest BCUT2D eigenvalue weighted by Crippen LogP contribution is -2.32. The van der Waals surface area contributed by atoms with Gasteiger partial charge in [-0.25, -0.2) is 0 Å². The molecular weight excluding hydrogens is 317 g/mol. The third kappa shape index (κ3) is 4.02. The molecule has 1 aliphatic carbocycles. The fourth-order valence-electron chi connectivity index (χ4n) is 2.91. The molecule has 2 nitrogen and oxygen atoms in total. The van der Waals surface area contributed by atoms with E-state index in [0.717, 1.165) is 18.5 Å². The lowest BCUT2D eigenvalue weighted by molar-refractivity contribution is 0.133. The number of hydrogen-bond donors (Lipinski definition) is 2. The van der Waals surface area contributed by atoms with E-state index < -0.39 is 0 Å². The second kappa shape index (κ2) is 7.86. The first-order valence-corrected chi connectivity index (χ1v) is 8.20. The third-order valence-electron chi connectivity index (χ3n) is 4.15. The maximum absolute atomic E-state index is 9.41. The van der Waals surface area contributed by atoms with Crippen molar-refractivity contribution >= 4 is 34.8 Å². The van der Waals surface area contributed by atoms with Crippen LogP contribution in [0.25, 0.3) is 0 Å². The maximum Gasteiger partial charge on any atom is 0.0652 e. The first kappa shape index (κ1) is 16.4. The highest BCUT2D eigenvalue weighted by atomic mass is 35.5. The Morgan fingerprint density at radius 3 is 2.40 bits per heavy atom. The van der Waals surface area contributed by atoms with Crippen molar-refractivity contribution in [1.29, 1.82) is 0 Å². The number of benzene rings is 1. The summed E-state index contributed by atoms with van der Waals surface area (Å²) in [5, 5.41) is 14.5. The van der Waals surface area contributed by atoms with Gasteiger partial charge in [-0.05, 0) is 43.4 Å². The summed E-state index contributed by atoms with van der Waals surface area (Å²) in [6, 6.07) is 3.47. The normalized spacial score (nSPS) is 23.0. The van der Waals surface area contributed by atoms with Gasteiger partial charge in [0.1, 0.15) is 0 Å². The monoisotopic (exact) mass is 335 g/mol.